The molecule has 1 aromatic heterocycles. The number of pyridine rings is 1. The summed E-state index contributed by atoms with van der Waals surface area (Å²) in [6.45, 7) is 1.64. The maximum absolute atomic E-state index is 11.8. The molecule has 1 aliphatic rings. The van der Waals surface area contributed by atoms with Crippen LogP contribution in [-0.4, -0.2) is 28.9 Å². The highest BCUT2D eigenvalue weighted by atomic mass is 16.2. The normalized spacial score (nSPS) is 15.0. The van der Waals surface area contributed by atoms with Crippen LogP contribution in [0.4, 0.5) is 0 Å². The molecule has 76 valence electrons. The van der Waals surface area contributed by atoms with Crippen molar-refractivity contribution in [3.05, 3.63) is 29.6 Å². The lowest BCUT2D eigenvalue weighted by atomic mass is 10.2. The standard InChI is InChI=1S/C11H11N3O/c12-7-9-3-4-10(13-8-9)11(15)14-5-1-2-6-14/h3-4,8H,1-2,5-6H2. The zero-order valence-electron chi connectivity index (χ0n) is 8.31. The summed E-state index contributed by atoms with van der Waals surface area (Å²) in [5, 5.41) is 8.59. The molecule has 0 saturated carbocycles. The van der Waals surface area contributed by atoms with Crippen LogP contribution in [-0.2, 0) is 0 Å². The fourth-order valence-corrected chi connectivity index (χ4v) is 1.67. The molecule has 1 aromatic rings. The fraction of sp³-hybridized carbons (Fsp3) is 0.364. The molecule has 0 atom stereocenters. The number of nitriles is 1. The average molecular weight is 201 g/mol. The van der Waals surface area contributed by atoms with Gasteiger partial charge in [-0.1, -0.05) is 0 Å². The van der Waals surface area contributed by atoms with Crippen molar-refractivity contribution in [3.8, 4) is 6.07 Å². The van der Waals surface area contributed by atoms with Crippen molar-refractivity contribution in [1.29, 1.82) is 5.26 Å². The fourth-order valence-electron chi connectivity index (χ4n) is 1.67. The zero-order valence-corrected chi connectivity index (χ0v) is 8.31. The van der Waals surface area contributed by atoms with Crippen LogP contribution < -0.4 is 0 Å². The molecule has 2 heterocycles. The number of hydrogen-bond donors (Lipinski definition) is 0. The Balaban J connectivity index is 2.15. The summed E-state index contributed by atoms with van der Waals surface area (Å²) < 4.78 is 0. The van der Waals surface area contributed by atoms with Gasteiger partial charge in [-0.2, -0.15) is 5.26 Å². The molecular weight excluding hydrogens is 190 g/mol. The summed E-state index contributed by atoms with van der Waals surface area (Å²) in [6.07, 6.45) is 3.58. The van der Waals surface area contributed by atoms with Crippen LogP contribution in [0.5, 0.6) is 0 Å². The zero-order chi connectivity index (χ0) is 10.7. The smallest absolute Gasteiger partial charge is 0.272 e. The van der Waals surface area contributed by atoms with E-state index in [4.69, 9.17) is 5.26 Å². The van der Waals surface area contributed by atoms with Gasteiger partial charge < -0.3 is 4.90 Å². The van der Waals surface area contributed by atoms with Crippen LogP contribution in [0.3, 0.4) is 0 Å². The number of hydrogen-bond acceptors (Lipinski definition) is 3. The van der Waals surface area contributed by atoms with E-state index in [0.29, 0.717) is 11.3 Å². The highest BCUT2D eigenvalue weighted by molar-refractivity contribution is 5.92. The van der Waals surface area contributed by atoms with Crippen LogP contribution in [0.25, 0.3) is 0 Å². The van der Waals surface area contributed by atoms with Crippen molar-refractivity contribution in [1.82, 2.24) is 9.88 Å². The predicted octanol–water partition coefficient (Wildman–Crippen LogP) is 1.19. The number of carbonyl (C=O) groups is 1. The number of amides is 1. The second-order valence-corrected chi connectivity index (χ2v) is 3.54. The Morgan fingerprint density at radius 2 is 2.13 bits per heavy atom. The number of nitrogens with zero attached hydrogens (tertiary/aromatic N) is 3. The first kappa shape index (κ1) is 9.66. The van der Waals surface area contributed by atoms with Crippen molar-refractivity contribution >= 4 is 5.91 Å². The second kappa shape index (κ2) is 4.09. The van der Waals surface area contributed by atoms with Crippen LogP contribution in [0, 0.1) is 11.3 Å². The van der Waals surface area contributed by atoms with E-state index in [-0.39, 0.29) is 5.91 Å². The van der Waals surface area contributed by atoms with Gasteiger partial charge in [-0.3, -0.25) is 4.79 Å². The molecule has 0 aromatic carbocycles. The van der Waals surface area contributed by atoms with Gasteiger partial charge in [0.2, 0.25) is 0 Å². The molecule has 4 heteroatoms. The number of aromatic nitrogens is 1. The van der Waals surface area contributed by atoms with Gasteiger partial charge in [0.05, 0.1) is 5.56 Å². The lowest BCUT2D eigenvalue weighted by Crippen LogP contribution is -2.28. The number of likely N-dealkylation sites (tertiary alicyclic amines) is 1. The quantitative estimate of drug-likeness (QED) is 0.685. The van der Waals surface area contributed by atoms with Gasteiger partial charge in [-0.05, 0) is 25.0 Å². The van der Waals surface area contributed by atoms with Crippen molar-refractivity contribution in [2.45, 2.75) is 12.8 Å². The molecule has 1 aliphatic heterocycles. The summed E-state index contributed by atoms with van der Waals surface area (Å²) in [5.41, 5.74) is 0.906. The minimum absolute atomic E-state index is 0.0306. The van der Waals surface area contributed by atoms with E-state index in [0.717, 1.165) is 25.9 Å². The highest BCUT2D eigenvalue weighted by Gasteiger charge is 2.19. The molecule has 2 rings (SSSR count). The Bertz CT molecular complexity index is 399. The largest absolute Gasteiger partial charge is 0.337 e. The van der Waals surface area contributed by atoms with E-state index in [9.17, 15) is 4.79 Å². The molecule has 0 N–H and O–H groups in total. The highest BCUT2D eigenvalue weighted by Crippen LogP contribution is 2.11. The summed E-state index contributed by atoms with van der Waals surface area (Å²) in [4.78, 5) is 17.6. The Kier molecular flexibility index (Phi) is 2.64. The van der Waals surface area contributed by atoms with Crippen LogP contribution >= 0.6 is 0 Å². The van der Waals surface area contributed by atoms with E-state index >= 15 is 0 Å². The molecule has 0 unspecified atom stereocenters. The van der Waals surface area contributed by atoms with Crippen LogP contribution in [0.2, 0.25) is 0 Å². The van der Waals surface area contributed by atoms with Gasteiger partial charge in [0.1, 0.15) is 11.8 Å². The Morgan fingerprint density at radius 3 is 2.67 bits per heavy atom. The van der Waals surface area contributed by atoms with Crippen LogP contribution in [0.1, 0.15) is 28.9 Å². The number of rotatable bonds is 1. The Hall–Kier alpha value is -1.89. The molecule has 4 nitrogen and oxygen atoms in total. The van der Waals surface area contributed by atoms with Gasteiger partial charge in [0.25, 0.3) is 5.91 Å². The van der Waals surface area contributed by atoms with Crippen molar-refractivity contribution in [2.24, 2.45) is 0 Å². The van der Waals surface area contributed by atoms with Gasteiger partial charge in [0.15, 0.2) is 0 Å². The maximum Gasteiger partial charge on any atom is 0.272 e. The van der Waals surface area contributed by atoms with Crippen LogP contribution in [0.15, 0.2) is 18.3 Å². The summed E-state index contributed by atoms with van der Waals surface area (Å²) >= 11 is 0. The van der Waals surface area contributed by atoms with E-state index in [1.165, 1.54) is 6.20 Å². The van der Waals surface area contributed by atoms with Crippen molar-refractivity contribution in [2.75, 3.05) is 13.1 Å². The maximum atomic E-state index is 11.8. The van der Waals surface area contributed by atoms with E-state index in [2.05, 4.69) is 4.98 Å². The van der Waals surface area contributed by atoms with Crippen molar-refractivity contribution < 1.29 is 4.79 Å². The molecule has 1 amide bonds. The minimum atomic E-state index is -0.0306. The summed E-state index contributed by atoms with van der Waals surface area (Å²) in [5.74, 6) is -0.0306. The summed E-state index contributed by atoms with van der Waals surface area (Å²) in [6, 6.07) is 5.21. The number of carbonyl (C=O) groups excluding carboxylic acids is 1. The third-order valence-corrected chi connectivity index (χ3v) is 2.50. The van der Waals surface area contributed by atoms with Gasteiger partial charge >= 0.3 is 0 Å². The predicted molar refractivity (Wildman–Crippen MR) is 54.1 cm³/mol. The Labute approximate surface area is 88.1 Å². The van der Waals surface area contributed by atoms with Crippen molar-refractivity contribution in [3.63, 3.8) is 0 Å². The molecule has 1 saturated heterocycles. The molecule has 0 radical (unpaired) electrons. The molecule has 0 spiro atoms. The molecule has 0 aliphatic carbocycles. The molecule has 1 fully saturated rings. The van der Waals surface area contributed by atoms with E-state index in [1.54, 1.807) is 17.0 Å². The monoisotopic (exact) mass is 201 g/mol. The Morgan fingerprint density at radius 1 is 1.40 bits per heavy atom. The average Bonchev–Trinajstić information content (AvgIpc) is 2.82. The molecular formula is C11H11N3O. The van der Waals surface area contributed by atoms with E-state index < -0.39 is 0 Å². The first-order chi connectivity index (χ1) is 7.31. The lowest BCUT2D eigenvalue weighted by Gasteiger charge is -2.13. The minimum Gasteiger partial charge on any atom is -0.337 e. The second-order valence-electron chi connectivity index (χ2n) is 3.54. The molecule has 0 bridgehead atoms. The van der Waals surface area contributed by atoms with Gasteiger partial charge in [-0.25, -0.2) is 4.98 Å². The SMILES string of the molecule is N#Cc1ccc(C(=O)N2CCCC2)nc1. The third-order valence-electron chi connectivity index (χ3n) is 2.50. The topological polar surface area (TPSA) is 57.0 Å². The summed E-state index contributed by atoms with van der Waals surface area (Å²) in [7, 11) is 0. The van der Waals surface area contributed by atoms with Gasteiger partial charge in [-0.15, -0.1) is 0 Å². The first-order valence-corrected chi connectivity index (χ1v) is 4.96. The van der Waals surface area contributed by atoms with Gasteiger partial charge in [0, 0.05) is 19.3 Å². The third kappa shape index (κ3) is 1.96. The first-order valence-electron chi connectivity index (χ1n) is 4.96. The van der Waals surface area contributed by atoms with E-state index in [1.807, 2.05) is 6.07 Å². The molecule has 15 heavy (non-hydrogen) atoms. The lowest BCUT2D eigenvalue weighted by molar-refractivity contribution is 0.0787.